The summed E-state index contributed by atoms with van der Waals surface area (Å²) in [5.41, 5.74) is 13.6. The third kappa shape index (κ3) is 6.10. The number of nitrogens with zero attached hydrogens (tertiary/aromatic N) is 5. The van der Waals surface area contributed by atoms with Crippen LogP contribution in [0.15, 0.2) is 212 Å². The SMILES string of the molecule is c1ccc(Cc2cc3nc(-c4ccccc4)nc(-c4ccccc4)c3c3cc(-c4ccc5c(c4)c4ccccc4n5-c4nc(-c5ccccc5)c5ccccc5n4)ccc23)cc1. The predicted octanol–water partition coefficient (Wildman–Crippen LogP) is 14.1. The summed E-state index contributed by atoms with van der Waals surface area (Å²) in [6.07, 6.45) is 0.784. The van der Waals surface area contributed by atoms with Crippen molar-refractivity contribution in [2.24, 2.45) is 0 Å². The van der Waals surface area contributed by atoms with Gasteiger partial charge in [-0.25, -0.2) is 19.9 Å². The zero-order chi connectivity index (χ0) is 41.0. The Morgan fingerprint density at radius 3 is 1.66 bits per heavy atom. The minimum atomic E-state index is 0.646. The summed E-state index contributed by atoms with van der Waals surface area (Å²) in [4.78, 5) is 21.1. The predicted molar refractivity (Wildman–Crippen MR) is 255 cm³/mol. The maximum absolute atomic E-state index is 5.33. The van der Waals surface area contributed by atoms with E-state index in [9.17, 15) is 0 Å². The Bertz CT molecular complexity index is 3640. The van der Waals surface area contributed by atoms with E-state index in [0.29, 0.717) is 11.8 Å². The van der Waals surface area contributed by atoms with Crippen molar-refractivity contribution in [2.45, 2.75) is 6.42 Å². The average Bonchev–Trinajstić information content (AvgIpc) is 3.68. The Hall–Kier alpha value is -8.28. The molecule has 0 N–H and O–H groups in total. The summed E-state index contributed by atoms with van der Waals surface area (Å²) in [7, 11) is 0. The van der Waals surface area contributed by atoms with E-state index in [1.807, 2.05) is 30.3 Å². The van der Waals surface area contributed by atoms with Crippen molar-refractivity contribution in [1.82, 2.24) is 24.5 Å². The molecule has 0 atom stereocenters. The van der Waals surface area contributed by atoms with Crippen molar-refractivity contribution in [3.63, 3.8) is 0 Å². The van der Waals surface area contributed by atoms with Crippen LogP contribution in [0.25, 0.3) is 105 Å². The first kappa shape index (κ1) is 35.6. The van der Waals surface area contributed by atoms with Gasteiger partial charge in [0.05, 0.1) is 33.5 Å². The molecule has 0 aliphatic heterocycles. The molecule has 0 bridgehead atoms. The van der Waals surface area contributed by atoms with E-state index in [1.54, 1.807) is 0 Å². The molecule has 0 unspecified atom stereocenters. The van der Waals surface area contributed by atoms with E-state index in [1.165, 1.54) is 16.5 Å². The highest BCUT2D eigenvalue weighted by Crippen LogP contribution is 2.41. The highest BCUT2D eigenvalue weighted by atomic mass is 15.2. The monoisotopic (exact) mass is 791 g/mol. The minimum Gasteiger partial charge on any atom is -0.278 e. The van der Waals surface area contributed by atoms with Gasteiger partial charge in [-0.2, -0.15) is 0 Å². The molecule has 5 heteroatoms. The quantitative estimate of drug-likeness (QED) is 0.151. The van der Waals surface area contributed by atoms with E-state index in [4.69, 9.17) is 19.9 Å². The summed E-state index contributed by atoms with van der Waals surface area (Å²) in [6.45, 7) is 0. The molecule has 0 fully saturated rings. The summed E-state index contributed by atoms with van der Waals surface area (Å²) in [5, 5.41) is 6.68. The van der Waals surface area contributed by atoms with Gasteiger partial charge in [-0.15, -0.1) is 0 Å². The van der Waals surface area contributed by atoms with Gasteiger partial charge in [0, 0.05) is 38.2 Å². The van der Waals surface area contributed by atoms with Gasteiger partial charge in [-0.1, -0.05) is 176 Å². The zero-order valence-corrected chi connectivity index (χ0v) is 33.7. The van der Waals surface area contributed by atoms with E-state index in [-0.39, 0.29) is 0 Å². The first-order valence-corrected chi connectivity index (χ1v) is 21.0. The van der Waals surface area contributed by atoms with Gasteiger partial charge >= 0.3 is 0 Å². The summed E-state index contributed by atoms with van der Waals surface area (Å²) < 4.78 is 2.21. The smallest absolute Gasteiger partial charge is 0.235 e. The molecule has 62 heavy (non-hydrogen) atoms. The average molecular weight is 792 g/mol. The summed E-state index contributed by atoms with van der Waals surface area (Å²) in [6, 6.07) is 74.7. The van der Waals surface area contributed by atoms with Gasteiger partial charge in [0.15, 0.2) is 5.82 Å². The van der Waals surface area contributed by atoms with Crippen molar-refractivity contribution in [3.05, 3.63) is 223 Å². The number of para-hydroxylation sites is 2. The molecule has 0 saturated carbocycles. The van der Waals surface area contributed by atoms with Crippen molar-refractivity contribution in [2.75, 3.05) is 0 Å². The Morgan fingerprint density at radius 2 is 0.919 bits per heavy atom. The molecule has 0 amide bonds. The van der Waals surface area contributed by atoms with Crippen LogP contribution in [0.1, 0.15) is 11.1 Å². The fraction of sp³-hybridized carbons (Fsp3) is 0.0175. The van der Waals surface area contributed by atoms with Gasteiger partial charge in [0.1, 0.15) is 0 Å². The van der Waals surface area contributed by atoms with Gasteiger partial charge in [0.25, 0.3) is 0 Å². The first-order chi connectivity index (χ1) is 30.7. The Balaban J connectivity index is 1.08. The topological polar surface area (TPSA) is 56.5 Å². The fourth-order valence-electron chi connectivity index (χ4n) is 9.13. The molecule has 3 aromatic heterocycles. The number of aromatic nitrogens is 5. The number of hydrogen-bond acceptors (Lipinski definition) is 4. The molecule has 0 radical (unpaired) electrons. The molecule has 9 aromatic carbocycles. The molecule has 290 valence electrons. The molecule has 0 aliphatic rings. The summed E-state index contributed by atoms with van der Waals surface area (Å²) in [5.74, 6) is 1.36. The molecule has 12 rings (SSSR count). The molecule has 5 nitrogen and oxygen atoms in total. The normalized spacial score (nSPS) is 11.6. The van der Waals surface area contributed by atoms with Crippen molar-refractivity contribution in [1.29, 1.82) is 0 Å². The Morgan fingerprint density at radius 1 is 0.339 bits per heavy atom. The lowest BCUT2D eigenvalue weighted by Crippen LogP contribution is -2.03. The van der Waals surface area contributed by atoms with Crippen LogP contribution in [0, 0.1) is 0 Å². The molecule has 12 aromatic rings. The molecule has 0 spiro atoms. The second-order valence-electron chi connectivity index (χ2n) is 15.8. The highest BCUT2D eigenvalue weighted by molar-refractivity contribution is 6.15. The molecule has 0 saturated heterocycles. The van der Waals surface area contributed by atoms with Crippen LogP contribution in [0.2, 0.25) is 0 Å². The lowest BCUT2D eigenvalue weighted by Gasteiger charge is -2.16. The number of rotatable bonds is 7. The van der Waals surface area contributed by atoms with Crippen LogP contribution in [-0.2, 0) is 6.42 Å². The Labute approximate surface area is 358 Å². The van der Waals surface area contributed by atoms with Crippen LogP contribution in [0.4, 0.5) is 0 Å². The zero-order valence-electron chi connectivity index (χ0n) is 33.7. The van der Waals surface area contributed by atoms with Crippen LogP contribution in [0.3, 0.4) is 0 Å². The number of fused-ring (bicyclic) bond motifs is 7. The van der Waals surface area contributed by atoms with Gasteiger partial charge in [-0.05, 0) is 75.8 Å². The third-order valence-electron chi connectivity index (χ3n) is 12.0. The summed E-state index contributed by atoms with van der Waals surface area (Å²) >= 11 is 0. The van der Waals surface area contributed by atoms with Crippen LogP contribution in [-0.4, -0.2) is 24.5 Å². The lowest BCUT2D eigenvalue weighted by atomic mass is 9.91. The van der Waals surface area contributed by atoms with Crippen LogP contribution >= 0.6 is 0 Å². The fourth-order valence-corrected chi connectivity index (χ4v) is 9.13. The highest BCUT2D eigenvalue weighted by Gasteiger charge is 2.20. The second kappa shape index (κ2) is 14.8. The van der Waals surface area contributed by atoms with Gasteiger partial charge in [0.2, 0.25) is 5.95 Å². The molecular formula is C57H37N5. The van der Waals surface area contributed by atoms with Crippen molar-refractivity contribution < 1.29 is 0 Å². The van der Waals surface area contributed by atoms with Crippen molar-refractivity contribution in [3.8, 4) is 51.0 Å². The molecular weight excluding hydrogens is 755 g/mol. The van der Waals surface area contributed by atoms with E-state index in [0.717, 1.165) is 94.6 Å². The molecule has 3 heterocycles. The number of hydrogen-bond donors (Lipinski definition) is 0. The van der Waals surface area contributed by atoms with Gasteiger partial charge in [-0.3, -0.25) is 4.57 Å². The lowest BCUT2D eigenvalue weighted by molar-refractivity contribution is 1.01. The maximum Gasteiger partial charge on any atom is 0.235 e. The van der Waals surface area contributed by atoms with Crippen LogP contribution in [0.5, 0.6) is 0 Å². The Kier molecular flexibility index (Phi) is 8.49. The van der Waals surface area contributed by atoms with Crippen LogP contribution < -0.4 is 0 Å². The van der Waals surface area contributed by atoms with E-state index < -0.39 is 0 Å². The van der Waals surface area contributed by atoms with E-state index >= 15 is 0 Å². The third-order valence-corrected chi connectivity index (χ3v) is 12.0. The second-order valence-corrected chi connectivity index (χ2v) is 15.8. The maximum atomic E-state index is 5.33. The molecule has 0 aliphatic carbocycles. The minimum absolute atomic E-state index is 0.646. The van der Waals surface area contributed by atoms with Crippen molar-refractivity contribution >= 4 is 54.4 Å². The van der Waals surface area contributed by atoms with E-state index in [2.05, 4.69) is 187 Å². The standard InChI is InChI=1S/C57H37N5/c1-5-17-37(18-6-1)33-43-36-50-53(55(39-21-9-3-10-22-39)60-56(58-50)40-23-11-4-12-24-40)48-35-41(29-31-44(43)48)42-30-32-52-47(34-42)45-25-14-16-28-51(45)62(52)57-59-49-27-15-13-26-46(49)54(61-57)38-19-7-2-8-20-38/h1-32,34-36H,33H2. The van der Waals surface area contributed by atoms with Gasteiger partial charge < -0.3 is 0 Å². The number of benzene rings is 9. The first-order valence-electron chi connectivity index (χ1n) is 21.0. The largest absolute Gasteiger partial charge is 0.278 e.